The molecule has 2 heterocycles. The molecule has 1 aromatic heterocycles. The summed E-state index contributed by atoms with van der Waals surface area (Å²) in [7, 11) is 0. The van der Waals surface area contributed by atoms with Gasteiger partial charge in [-0.3, -0.25) is 0 Å². The van der Waals surface area contributed by atoms with Crippen molar-refractivity contribution in [2.75, 3.05) is 13.2 Å². The monoisotopic (exact) mass is 245 g/mol. The molecule has 0 saturated heterocycles. The summed E-state index contributed by atoms with van der Waals surface area (Å²) in [6, 6.07) is 8.17. The molecule has 5 heteroatoms. The average Bonchev–Trinajstić information content (AvgIpc) is 2.97. The molecule has 2 aromatic rings. The maximum Gasteiger partial charge on any atom is 0.223 e. The number of benzene rings is 1. The summed E-state index contributed by atoms with van der Waals surface area (Å²) in [6.45, 7) is 4.00. The van der Waals surface area contributed by atoms with Crippen molar-refractivity contribution < 1.29 is 9.26 Å². The minimum absolute atomic E-state index is 0.397. The maximum atomic E-state index is 5.63. The van der Waals surface area contributed by atoms with Crippen LogP contribution in [0.25, 0.3) is 0 Å². The van der Waals surface area contributed by atoms with Gasteiger partial charge in [-0.25, -0.2) is 0 Å². The summed E-state index contributed by atoms with van der Waals surface area (Å²) in [4.78, 5) is 4.15. The van der Waals surface area contributed by atoms with E-state index in [1.807, 2.05) is 18.2 Å². The molecular formula is C13H15N3O2. The van der Waals surface area contributed by atoms with Crippen LogP contribution in [-0.2, 0) is 6.54 Å². The van der Waals surface area contributed by atoms with Crippen LogP contribution in [0.3, 0.4) is 0 Å². The molecule has 5 nitrogen and oxygen atoms in total. The number of hydrogen-bond donors (Lipinski definition) is 1. The molecule has 0 amide bonds. The zero-order valence-electron chi connectivity index (χ0n) is 10.2. The van der Waals surface area contributed by atoms with Crippen molar-refractivity contribution in [2.24, 2.45) is 0 Å². The first-order valence-electron chi connectivity index (χ1n) is 6.04. The van der Waals surface area contributed by atoms with Gasteiger partial charge in [0.25, 0.3) is 0 Å². The Balaban J connectivity index is 1.56. The van der Waals surface area contributed by atoms with Crippen molar-refractivity contribution in [1.82, 2.24) is 15.5 Å². The van der Waals surface area contributed by atoms with E-state index in [1.165, 1.54) is 5.56 Å². The number of fused-ring (bicyclic) bond motifs is 1. The van der Waals surface area contributed by atoms with Crippen molar-refractivity contribution in [3.8, 4) is 5.75 Å². The fraction of sp³-hybridized carbons (Fsp3) is 0.385. The third-order valence-corrected chi connectivity index (χ3v) is 3.04. The average molecular weight is 245 g/mol. The highest BCUT2D eigenvalue weighted by Gasteiger charge is 2.22. The first kappa shape index (κ1) is 11.2. The van der Waals surface area contributed by atoms with Gasteiger partial charge in [-0.2, -0.15) is 4.98 Å². The largest absolute Gasteiger partial charge is 0.493 e. The molecule has 94 valence electrons. The quantitative estimate of drug-likeness (QED) is 0.887. The Bertz CT molecular complexity index is 539. The highest BCUT2D eigenvalue weighted by molar-refractivity contribution is 5.39. The lowest BCUT2D eigenvalue weighted by atomic mass is 10.0. The van der Waals surface area contributed by atoms with Gasteiger partial charge in [0.05, 0.1) is 13.2 Å². The van der Waals surface area contributed by atoms with Gasteiger partial charge in [-0.15, -0.1) is 0 Å². The molecule has 18 heavy (non-hydrogen) atoms. The molecule has 0 bridgehead atoms. The van der Waals surface area contributed by atoms with E-state index in [9.17, 15) is 0 Å². The molecule has 0 fully saturated rings. The van der Waals surface area contributed by atoms with Gasteiger partial charge in [-0.05, 0) is 6.07 Å². The summed E-state index contributed by atoms with van der Waals surface area (Å²) in [5, 5.41) is 7.18. The fourth-order valence-electron chi connectivity index (χ4n) is 2.17. The fourth-order valence-corrected chi connectivity index (χ4v) is 2.17. The van der Waals surface area contributed by atoms with Crippen LogP contribution in [0.15, 0.2) is 28.8 Å². The normalized spacial score (nSPS) is 17.5. The molecule has 1 aliphatic rings. The Morgan fingerprint density at radius 3 is 3.11 bits per heavy atom. The third-order valence-electron chi connectivity index (χ3n) is 3.04. The van der Waals surface area contributed by atoms with Gasteiger partial charge in [0, 0.05) is 24.9 Å². The second-order valence-electron chi connectivity index (χ2n) is 4.41. The number of aryl methyl sites for hydroxylation is 1. The number of aromatic nitrogens is 2. The molecular weight excluding hydrogens is 230 g/mol. The summed E-state index contributed by atoms with van der Waals surface area (Å²) >= 11 is 0. The highest BCUT2D eigenvalue weighted by Crippen LogP contribution is 2.32. The zero-order valence-corrected chi connectivity index (χ0v) is 10.2. The van der Waals surface area contributed by atoms with E-state index < -0.39 is 0 Å². The van der Waals surface area contributed by atoms with E-state index in [0.717, 1.165) is 18.9 Å². The van der Waals surface area contributed by atoms with Gasteiger partial charge < -0.3 is 14.6 Å². The SMILES string of the molecule is Cc1nc(CNCC2COc3ccccc32)no1. The van der Waals surface area contributed by atoms with Crippen LogP contribution in [0.5, 0.6) is 5.75 Å². The van der Waals surface area contributed by atoms with Crippen LogP contribution >= 0.6 is 0 Å². The number of nitrogens with one attached hydrogen (secondary N) is 1. The van der Waals surface area contributed by atoms with Crippen LogP contribution in [-0.4, -0.2) is 23.3 Å². The van der Waals surface area contributed by atoms with Gasteiger partial charge in [0.15, 0.2) is 5.82 Å². The Kier molecular flexibility index (Phi) is 2.98. The van der Waals surface area contributed by atoms with Gasteiger partial charge in [0.2, 0.25) is 5.89 Å². The smallest absolute Gasteiger partial charge is 0.223 e. The number of nitrogens with zero attached hydrogens (tertiary/aromatic N) is 2. The third kappa shape index (κ3) is 2.22. The van der Waals surface area contributed by atoms with E-state index in [-0.39, 0.29) is 0 Å². The Morgan fingerprint density at radius 2 is 2.28 bits per heavy atom. The zero-order chi connectivity index (χ0) is 12.4. The van der Waals surface area contributed by atoms with Crippen LogP contribution in [0.4, 0.5) is 0 Å². The van der Waals surface area contributed by atoms with Crippen molar-refractivity contribution in [3.05, 3.63) is 41.5 Å². The summed E-state index contributed by atoms with van der Waals surface area (Å²) < 4.78 is 10.5. The molecule has 0 saturated carbocycles. The lowest BCUT2D eigenvalue weighted by Crippen LogP contribution is -2.22. The molecule has 1 N–H and O–H groups in total. The number of ether oxygens (including phenoxy) is 1. The Morgan fingerprint density at radius 1 is 1.39 bits per heavy atom. The van der Waals surface area contributed by atoms with Crippen molar-refractivity contribution in [3.63, 3.8) is 0 Å². The maximum absolute atomic E-state index is 5.63. The van der Waals surface area contributed by atoms with Crippen molar-refractivity contribution in [2.45, 2.75) is 19.4 Å². The van der Waals surface area contributed by atoms with E-state index >= 15 is 0 Å². The van der Waals surface area contributed by atoms with E-state index in [4.69, 9.17) is 9.26 Å². The first-order chi connectivity index (χ1) is 8.83. The first-order valence-corrected chi connectivity index (χ1v) is 6.04. The molecule has 1 aromatic carbocycles. The Hall–Kier alpha value is -1.88. The topological polar surface area (TPSA) is 60.2 Å². The van der Waals surface area contributed by atoms with Crippen molar-refractivity contribution >= 4 is 0 Å². The molecule has 0 spiro atoms. The summed E-state index contributed by atoms with van der Waals surface area (Å²) in [5.41, 5.74) is 1.27. The highest BCUT2D eigenvalue weighted by atomic mass is 16.5. The van der Waals surface area contributed by atoms with Crippen LogP contribution < -0.4 is 10.1 Å². The predicted molar refractivity (Wildman–Crippen MR) is 65.4 cm³/mol. The second-order valence-corrected chi connectivity index (χ2v) is 4.41. The standard InChI is InChI=1S/C13H15N3O2/c1-9-15-13(16-18-9)7-14-6-10-8-17-12-5-3-2-4-11(10)12/h2-5,10,14H,6-8H2,1H3. The predicted octanol–water partition coefficient (Wildman–Crippen LogP) is 1.64. The van der Waals surface area contributed by atoms with Crippen molar-refractivity contribution in [1.29, 1.82) is 0 Å². The molecule has 3 rings (SSSR count). The van der Waals surface area contributed by atoms with Gasteiger partial charge in [-0.1, -0.05) is 23.4 Å². The van der Waals surface area contributed by atoms with Crippen LogP contribution in [0.1, 0.15) is 23.2 Å². The summed E-state index contributed by atoms with van der Waals surface area (Å²) in [6.07, 6.45) is 0. The second kappa shape index (κ2) is 4.78. The molecule has 1 atom stereocenters. The van der Waals surface area contributed by atoms with E-state index in [2.05, 4.69) is 21.5 Å². The lowest BCUT2D eigenvalue weighted by molar-refractivity contribution is 0.325. The van der Waals surface area contributed by atoms with E-state index in [0.29, 0.717) is 24.2 Å². The minimum atomic E-state index is 0.397. The van der Waals surface area contributed by atoms with Crippen LogP contribution in [0.2, 0.25) is 0 Å². The number of hydrogen-bond acceptors (Lipinski definition) is 5. The summed E-state index contributed by atoms with van der Waals surface area (Å²) in [5.74, 6) is 2.69. The Labute approximate surface area is 105 Å². The minimum Gasteiger partial charge on any atom is -0.493 e. The number of rotatable bonds is 4. The molecule has 1 unspecified atom stereocenters. The van der Waals surface area contributed by atoms with Gasteiger partial charge >= 0.3 is 0 Å². The van der Waals surface area contributed by atoms with E-state index in [1.54, 1.807) is 6.92 Å². The molecule has 1 aliphatic heterocycles. The number of para-hydroxylation sites is 1. The van der Waals surface area contributed by atoms with Crippen LogP contribution in [0, 0.1) is 6.92 Å². The molecule has 0 radical (unpaired) electrons. The molecule has 0 aliphatic carbocycles. The van der Waals surface area contributed by atoms with Gasteiger partial charge in [0.1, 0.15) is 5.75 Å². The lowest BCUT2D eigenvalue weighted by Gasteiger charge is -2.08.